The number of aliphatic hydroxyl groups is 1. The second-order valence-corrected chi connectivity index (χ2v) is 5.93. The van der Waals surface area contributed by atoms with Crippen molar-refractivity contribution in [2.75, 3.05) is 26.2 Å². The lowest BCUT2D eigenvalue weighted by atomic mass is 10.3. The molecule has 0 saturated heterocycles. The molecule has 1 aromatic rings. The van der Waals surface area contributed by atoms with Gasteiger partial charge in [0.05, 0.1) is 6.54 Å². The van der Waals surface area contributed by atoms with Crippen LogP contribution >= 0.6 is 0 Å². The van der Waals surface area contributed by atoms with Gasteiger partial charge < -0.3 is 10.8 Å². The minimum absolute atomic E-state index is 0.0493. The summed E-state index contributed by atoms with van der Waals surface area (Å²) in [4.78, 5) is 4.00. The molecule has 20 heavy (non-hydrogen) atoms. The van der Waals surface area contributed by atoms with Gasteiger partial charge >= 0.3 is 0 Å². The number of nitrogens with zero attached hydrogens (tertiary/aromatic N) is 2. The van der Waals surface area contributed by atoms with Crippen LogP contribution in [0.2, 0.25) is 0 Å². The molecule has 1 rings (SSSR count). The van der Waals surface area contributed by atoms with Gasteiger partial charge in [0, 0.05) is 37.7 Å². The maximum absolute atomic E-state index is 12.4. The van der Waals surface area contributed by atoms with Gasteiger partial charge in [0.25, 0.3) is 0 Å². The lowest BCUT2D eigenvalue weighted by Gasteiger charge is -2.19. The molecule has 0 aliphatic rings. The molecule has 7 heteroatoms. The van der Waals surface area contributed by atoms with Crippen molar-refractivity contribution in [3.8, 4) is 11.8 Å². The van der Waals surface area contributed by atoms with Gasteiger partial charge in [-0.3, -0.25) is 4.98 Å². The summed E-state index contributed by atoms with van der Waals surface area (Å²) in [6.07, 6.45) is 3.18. The van der Waals surface area contributed by atoms with Gasteiger partial charge in [-0.25, -0.2) is 8.42 Å². The fourth-order valence-electron chi connectivity index (χ4n) is 1.63. The van der Waals surface area contributed by atoms with E-state index in [9.17, 15) is 8.42 Å². The molecule has 3 N–H and O–H groups in total. The third-order valence-corrected chi connectivity index (χ3v) is 4.54. The Hall–Kier alpha value is -1.46. The number of aliphatic hydroxyl groups excluding tert-OH is 1. The lowest BCUT2D eigenvalue weighted by Crippen LogP contribution is -2.32. The molecular formula is C13H19N3O3S. The van der Waals surface area contributed by atoms with Crippen molar-refractivity contribution in [3.63, 3.8) is 0 Å². The molecule has 0 bridgehead atoms. The van der Waals surface area contributed by atoms with E-state index in [2.05, 4.69) is 16.8 Å². The lowest BCUT2D eigenvalue weighted by molar-refractivity contribution is 0.271. The van der Waals surface area contributed by atoms with E-state index >= 15 is 0 Å². The third-order valence-electron chi connectivity index (χ3n) is 2.60. The zero-order valence-electron chi connectivity index (χ0n) is 11.4. The quantitative estimate of drug-likeness (QED) is 0.708. The van der Waals surface area contributed by atoms with E-state index in [1.807, 2.05) is 0 Å². The molecule has 0 saturated carbocycles. The van der Waals surface area contributed by atoms with Crippen molar-refractivity contribution in [1.29, 1.82) is 0 Å². The summed E-state index contributed by atoms with van der Waals surface area (Å²) >= 11 is 0. The van der Waals surface area contributed by atoms with E-state index < -0.39 is 10.0 Å². The minimum atomic E-state index is -3.61. The summed E-state index contributed by atoms with van der Waals surface area (Å²) in [5.41, 5.74) is 5.79. The molecule has 0 spiro atoms. The van der Waals surface area contributed by atoms with Crippen molar-refractivity contribution >= 4 is 10.0 Å². The van der Waals surface area contributed by atoms with Gasteiger partial charge in [-0.2, -0.15) is 4.31 Å². The maximum Gasteiger partial charge on any atom is 0.244 e. The normalized spacial score (nSPS) is 11.2. The first-order chi connectivity index (χ1) is 9.56. The molecule has 0 fully saturated rings. The Kier molecular flexibility index (Phi) is 6.61. The number of hydrogen-bond donors (Lipinski definition) is 2. The highest BCUT2D eigenvalue weighted by Crippen LogP contribution is 2.15. The predicted molar refractivity (Wildman–Crippen MR) is 76.3 cm³/mol. The van der Waals surface area contributed by atoms with Gasteiger partial charge in [-0.15, -0.1) is 0 Å². The van der Waals surface area contributed by atoms with Gasteiger partial charge in [0.2, 0.25) is 10.0 Å². The number of pyridine rings is 1. The van der Waals surface area contributed by atoms with Gasteiger partial charge in [-0.05, 0) is 12.5 Å². The van der Waals surface area contributed by atoms with Gasteiger partial charge in [-0.1, -0.05) is 18.8 Å². The van der Waals surface area contributed by atoms with Crippen molar-refractivity contribution in [2.24, 2.45) is 5.73 Å². The smallest absolute Gasteiger partial charge is 0.244 e. The molecule has 0 atom stereocenters. The average molecular weight is 297 g/mol. The Bertz CT molecular complexity index is 590. The standard InChI is InChI=1S/C13H19N3O3S/c1-2-16(7-4-8-17)20(18,19)13-9-12(5-3-6-14)10-15-11-13/h9-11,17H,2,4,6-8,14H2,1H3. The van der Waals surface area contributed by atoms with E-state index in [1.165, 1.54) is 22.8 Å². The highest BCUT2D eigenvalue weighted by atomic mass is 32.2. The van der Waals surface area contributed by atoms with E-state index in [0.717, 1.165) is 0 Å². The van der Waals surface area contributed by atoms with E-state index in [0.29, 0.717) is 18.5 Å². The van der Waals surface area contributed by atoms with Crippen molar-refractivity contribution in [1.82, 2.24) is 9.29 Å². The summed E-state index contributed by atoms with van der Waals surface area (Å²) < 4.78 is 26.2. The summed E-state index contributed by atoms with van der Waals surface area (Å²) in [5, 5.41) is 8.82. The second-order valence-electron chi connectivity index (χ2n) is 3.99. The molecular weight excluding hydrogens is 278 g/mol. The highest BCUT2D eigenvalue weighted by Gasteiger charge is 2.23. The molecule has 0 aliphatic heterocycles. The minimum Gasteiger partial charge on any atom is -0.396 e. The Balaban J connectivity index is 3.07. The van der Waals surface area contributed by atoms with Gasteiger partial charge in [0.15, 0.2) is 0 Å². The van der Waals surface area contributed by atoms with Crippen LogP contribution in [0.5, 0.6) is 0 Å². The second kappa shape index (κ2) is 7.97. The average Bonchev–Trinajstić information content (AvgIpc) is 2.46. The van der Waals surface area contributed by atoms with E-state index in [4.69, 9.17) is 10.8 Å². The molecule has 6 nitrogen and oxygen atoms in total. The summed E-state index contributed by atoms with van der Waals surface area (Å²) in [6.45, 7) is 2.51. The zero-order valence-corrected chi connectivity index (χ0v) is 12.2. The first-order valence-corrected chi connectivity index (χ1v) is 7.75. The summed E-state index contributed by atoms with van der Waals surface area (Å²) in [6, 6.07) is 1.48. The molecule has 0 aliphatic carbocycles. The van der Waals surface area contributed by atoms with Crippen LogP contribution in [0.1, 0.15) is 18.9 Å². The Morgan fingerprint density at radius 2 is 2.20 bits per heavy atom. The van der Waals surface area contributed by atoms with Crippen LogP contribution in [0, 0.1) is 11.8 Å². The topological polar surface area (TPSA) is 96.5 Å². The first kappa shape index (κ1) is 16.6. The van der Waals surface area contributed by atoms with Crippen molar-refractivity contribution in [3.05, 3.63) is 24.0 Å². The van der Waals surface area contributed by atoms with E-state index in [1.54, 1.807) is 6.92 Å². The molecule has 1 heterocycles. The number of nitrogens with two attached hydrogens (primary N) is 1. The van der Waals surface area contributed by atoms with Crippen LogP contribution in [0.25, 0.3) is 0 Å². The summed E-state index contributed by atoms with van der Waals surface area (Å²) in [5.74, 6) is 5.41. The Morgan fingerprint density at radius 1 is 1.45 bits per heavy atom. The monoisotopic (exact) mass is 297 g/mol. The molecule has 0 amide bonds. The van der Waals surface area contributed by atoms with Crippen LogP contribution in [0.15, 0.2) is 23.4 Å². The Morgan fingerprint density at radius 3 is 2.80 bits per heavy atom. The third kappa shape index (κ3) is 4.28. The molecule has 0 radical (unpaired) electrons. The predicted octanol–water partition coefficient (Wildman–Crippen LogP) is -0.215. The summed E-state index contributed by atoms with van der Waals surface area (Å²) in [7, 11) is -3.61. The molecule has 0 unspecified atom stereocenters. The molecule has 110 valence electrons. The zero-order chi connectivity index (χ0) is 15.0. The molecule has 0 aromatic carbocycles. The van der Waals surface area contributed by atoms with Crippen LogP contribution < -0.4 is 5.73 Å². The van der Waals surface area contributed by atoms with Crippen LogP contribution in [0.4, 0.5) is 0 Å². The van der Waals surface area contributed by atoms with E-state index in [-0.39, 0.29) is 24.6 Å². The van der Waals surface area contributed by atoms with Crippen LogP contribution in [-0.2, 0) is 10.0 Å². The fourth-order valence-corrected chi connectivity index (χ4v) is 3.10. The van der Waals surface area contributed by atoms with Crippen LogP contribution in [-0.4, -0.2) is 49.1 Å². The van der Waals surface area contributed by atoms with Gasteiger partial charge in [0.1, 0.15) is 4.90 Å². The Labute approximate surface area is 119 Å². The van der Waals surface area contributed by atoms with Crippen molar-refractivity contribution < 1.29 is 13.5 Å². The number of hydrogen-bond acceptors (Lipinski definition) is 5. The van der Waals surface area contributed by atoms with Crippen LogP contribution in [0.3, 0.4) is 0 Å². The molecule has 1 aromatic heterocycles. The van der Waals surface area contributed by atoms with Crippen molar-refractivity contribution in [2.45, 2.75) is 18.2 Å². The largest absolute Gasteiger partial charge is 0.396 e. The SMILES string of the molecule is CCN(CCCO)S(=O)(=O)c1cncc(C#CCN)c1. The maximum atomic E-state index is 12.4. The fraction of sp³-hybridized carbons (Fsp3) is 0.462. The number of rotatable bonds is 6. The number of sulfonamides is 1. The highest BCUT2D eigenvalue weighted by molar-refractivity contribution is 7.89. The number of aromatic nitrogens is 1. The first-order valence-electron chi connectivity index (χ1n) is 6.31.